The molecule has 17 nitrogen and oxygen atoms in total. The number of hydrogen-bond donors (Lipinski definition) is 3. The molecular weight excluding hydrogens is 1150 g/mol. The maximum Gasteiger partial charge on any atom is 0.472 e. The zero-order valence-corrected chi connectivity index (χ0v) is 58.3. The van der Waals surface area contributed by atoms with Gasteiger partial charge in [0, 0.05) is 25.7 Å². The lowest BCUT2D eigenvalue weighted by Crippen LogP contribution is -2.30. The first kappa shape index (κ1) is 85.1. The van der Waals surface area contributed by atoms with Crippen LogP contribution < -0.4 is 0 Å². The molecule has 0 fully saturated rings. The van der Waals surface area contributed by atoms with Crippen LogP contribution in [0.4, 0.5) is 0 Å². The van der Waals surface area contributed by atoms with E-state index in [0.29, 0.717) is 25.7 Å². The molecule has 0 aliphatic heterocycles. The van der Waals surface area contributed by atoms with Gasteiger partial charge in [-0.1, -0.05) is 286 Å². The Bertz CT molecular complexity index is 1720. The van der Waals surface area contributed by atoms with Crippen molar-refractivity contribution in [2.75, 3.05) is 39.6 Å². The van der Waals surface area contributed by atoms with Crippen LogP contribution in [0.25, 0.3) is 0 Å². The molecule has 0 amide bonds. The predicted octanol–water partition coefficient (Wildman–Crippen LogP) is 19.1. The maximum atomic E-state index is 13.0. The Morgan fingerprint density at radius 1 is 0.310 bits per heavy atom. The molecular formula is C68H132O17P2. The highest BCUT2D eigenvalue weighted by molar-refractivity contribution is 7.47. The van der Waals surface area contributed by atoms with Crippen LogP contribution in [0.2, 0.25) is 0 Å². The number of aliphatic hydroxyl groups excluding tert-OH is 1. The predicted molar refractivity (Wildman–Crippen MR) is 349 cm³/mol. The lowest BCUT2D eigenvalue weighted by Gasteiger charge is -2.21. The summed E-state index contributed by atoms with van der Waals surface area (Å²) in [7, 11) is -9.90. The van der Waals surface area contributed by atoms with Gasteiger partial charge in [-0.3, -0.25) is 37.3 Å². The SMILES string of the molecule is CCCCCCCCCCCCCCC(=O)OC[C@H](COP(=O)(O)OC[C@@H](O)COP(=O)(O)OC[C@@H](COC(=O)CCCCCCCCCCC(C)C)OC(=O)CCCCCCCCCCC(C)C)OC(=O)CCCCCCCCCCCCC(C)C. The van der Waals surface area contributed by atoms with Crippen molar-refractivity contribution in [2.24, 2.45) is 17.8 Å². The van der Waals surface area contributed by atoms with E-state index >= 15 is 0 Å². The molecule has 3 N–H and O–H groups in total. The fourth-order valence-electron chi connectivity index (χ4n) is 10.2. The van der Waals surface area contributed by atoms with Gasteiger partial charge in [0.1, 0.15) is 19.3 Å². The average Bonchev–Trinajstić information content (AvgIpc) is 3.49. The summed E-state index contributed by atoms with van der Waals surface area (Å²) in [5, 5.41) is 10.6. The Hall–Kier alpha value is -1.94. The Kier molecular flexibility index (Phi) is 57.8. The normalized spacial score (nSPS) is 14.3. The summed E-state index contributed by atoms with van der Waals surface area (Å²) < 4.78 is 68.2. The van der Waals surface area contributed by atoms with Gasteiger partial charge in [0.25, 0.3) is 0 Å². The minimum Gasteiger partial charge on any atom is -0.462 e. The van der Waals surface area contributed by atoms with Gasteiger partial charge in [-0.05, 0) is 43.4 Å². The lowest BCUT2D eigenvalue weighted by atomic mass is 10.0. The molecule has 19 heteroatoms. The molecule has 516 valence electrons. The van der Waals surface area contributed by atoms with Crippen LogP contribution in [-0.2, 0) is 65.4 Å². The molecule has 0 radical (unpaired) electrons. The highest BCUT2D eigenvalue weighted by Gasteiger charge is 2.30. The van der Waals surface area contributed by atoms with E-state index in [2.05, 4.69) is 48.5 Å². The van der Waals surface area contributed by atoms with E-state index in [1.165, 1.54) is 148 Å². The third-order valence-corrected chi connectivity index (χ3v) is 17.5. The standard InChI is InChI=1S/C68H132O17P2/c1-8-9-10-11-12-13-14-15-19-28-35-42-49-65(70)78-55-63(84-67(72)51-44-37-30-20-17-16-18-25-32-39-46-59(2)3)57-82-86(74,75)80-53-62(69)54-81-87(76,77)83-58-64(85-68(73)52-45-38-31-24-22-27-34-41-48-61(6)7)56-79-66(71)50-43-36-29-23-21-26-33-40-47-60(4)5/h59-64,69H,8-58H2,1-7H3,(H,74,75)(H,76,77)/t62-,63-,64-/m1/s1. The van der Waals surface area contributed by atoms with Crippen molar-refractivity contribution in [2.45, 2.75) is 356 Å². The van der Waals surface area contributed by atoms with Gasteiger partial charge in [-0.2, -0.15) is 0 Å². The second-order valence-electron chi connectivity index (χ2n) is 26.0. The molecule has 0 spiro atoms. The summed E-state index contributed by atoms with van der Waals surface area (Å²) in [6.07, 6.45) is 41.7. The lowest BCUT2D eigenvalue weighted by molar-refractivity contribution is -0.161. The van der Waals surface area contributed by atoms with Crippen molar-refractivity contribution in [3.63, 3.8) is 0 Å². The van der Waals surface area contributed by atoms with E-state index in [1.807, 2.05) is 0 Å². The van der Waals surface area contributed by atoms with Gasteiger partial charge in [0.05, 0.1) is 26.4 Å². The van der Waals surface area contributed by atoms with E-state index in [4.69, 9.17) is 37.0 Å². The number of unbranched alkanes of at least 4 members (excludes halogenated alkanes) is 34. The van der Waals surface area contributed by atoms with Crippen LogP contribution in [0, 0.1) is 17.8 Å². The van der Waals surface area contributed by atoms with Crippen molar-refractivity contribution in [3.8, 4) is 0 Å². The Morgan fingerprint density at radius 3 is 0.782 bits per heavy atom. The fourth-order valence-corrected chi connectivity index (χ4v) is 11.8. The summed E-state index contributed by atoms with van der Waals surface area (Å²) in [5.41, 5.74) is 0. The number of hydrogen-bond acceptors (Lipinski definition) is 15. The van der Waals surface area contributed by atoms with Gasteiger partial charge >= 0.3 is 39.5 Å². The van der Waals surface area contributed by atoms with Crippen molar-refractivity contribution >= 4 is 39.5 Å². The van der Waals surface area contributed by atoms with Crippen LogP contribution in [0.15, 0.2) is 0 Å². The van der Waals surface area contributed by atoms with Gasteiger partial charge in [0.15, 0.2) is 12.2 Å². The van der Waals surface area contributed by atoms with Gasteiger partial charge < -0.3 is 33.8 Å². The number of aliphatic hydroxyl groups is 1. The minimum atomic E-state index is -4.95. The van der Waals surface area contributed by atoms with Crippen LogP contribution in [0.3, 0.4) is 0 Å². The topological polar surface area (TPSA) is 237 Å². The van der Waals surface area contributed by atoms with Crippen molar-refractivity contribution < 1.29 is 80.2 Å². The summed E-state index contributed by atoms with van der Waals surface area (Å²) in [4.78, 5) is 72.4. The molecule has 5 atom stereocenters. The van der Waals surface area contributed by atoms with E-state index < -0.39 is 97.5 Å². The third-order valence-electron chi connectivity index (χ3n) is 15.6. The zero-order valence-electron chi connectivity index (χ0n) is 56.5. The number of rotatable bonds is 66. The highest BCUT2D eigenvalue weighted by Crippen LogP contribution is 2.45. The molecule has 0 aliphatic rings. The van der Waals surface area contributed by atoms with Crippen LogP contribution in [-0.4, -0.2) is 96.7 Å². The molecule has 0 aliphatic carbocycles. The minimum absolute atomic E-state index is 0.104. The Morgan fingerprint density at radius 2 is 0.529 bits per heavy atom. The number of phosphoric ester groups is 2. The van der Waals surface area contributed by atoms with E-state index in [0.717, 1.165) is 108 Å². The van der Waals surface area contributed by atoms with E-state index in [1.54, 1.807) is 0 Å². The number of phosphoric acid groups is 2. The van der Waals surface area contributed by atoms with E-state index in [9.17, 15) is 43.2 Å². The van der Waals surface area contributed by atoms with Crippen molar-refractivity contribution in [3.05, 3.63) is 0 Å². The second-order valence-corrected chi connectivity index (χ2v) is 28.9. The first-order chi connectivity index (χ1) is 41.7. The van der Waals surface area contributed by atoms with Crippen LogP contribution in [0.1, 0.15) is 337 Å². The van der Waals surface area contributed by atoms with E-state index in [-0.39, 0.29) is 25.7 Å². The molecule has 0 heterocycles. The number of esters is 4. The Labute approximate surface area is 530 Å². The summed E-state index contributed by atoms with van der Waals surface area (Å²) >= 11 is 0. The molecule has 2 unspecified atom stereocenters. The first-order valence-electron chi connectivity index (χ1n) is 35.3. The number of carbonyl (C=O) groups is 4. The molecule has 0 aromatic heterocycles. The monoisotopic (exact) mass is 1280 g/mol. The number of carbonyl (C=O) groups excluding carboxylic acids is 4. The smallest absolute Gasteiger partial charge is 0.462 e. The molecule has 0 saturated carbocycles. The number of ether oxygens (including phenoxy) is 4. The summed E-state index contributed by atoms with van der Waals surface area (Å²) in [6.45, 7) is 11.7. The van der Waals surface area contributed by atoms with Crippen LogP contribution >= 0.6 is 15.6 Å². The van der Waals surface area contributed by atoms with Gasteiger partial charge in [-0.25, -0.2) is 9.13 Å². The highest BCUT2D eigenvalue weighted by atomic mass is 31.2. The summed E-state index contributed by atoms with van der Waals surface area (Å²) in [5.74, 6) is 0.0663. The quantitative estimate of drug-likeness (QED) is 0.0222. The first-order valence-corrected chi connectivity index (χ1v) is 38.3. The Balaban J connectivity index is 5.26. The average molecular weight is 1280 g/mol. The third kappa shape index (κ3) is 62.6. The largest absolute Gasteiger partial charge is 0.472 e. The maximum absolute atomic E-state index is 13.0. The second kappa shape index (κ2) is 59.1. The van der Waals surface area contributed by atoms with Crippen molar-refractivity contribution in [1.29, 1.82) is 0 Å². The van der Waals surface area contributed by atoms with Gasteiger partial charge in [0.2, 0.25) is 0 Å². The van der Waals surface area contributed by atoms with Crippen molar-refractivity contribution in [1.82, 2.24) is 0 Å². The molecule has 0 saturated heterocycles. The fraction of sp³-hybridized carbons (Fsp3) is 0.941. The van der Waals surface area contributed by atoms with Gasteiger partial charge in [-0.15, -0.1) is 0 Å². The molecule has 0 aromatic carbocycles. The molecule has 0 aromatic rings. The van der Waals surface area contributed by atoms with Crippen LogP contribution in [0.5, 0.6) is 0 Å². The summed E-state index contributed by atoms with van der Waals surface area (Å²) in [6, 6.07) is 0. The molecule has 0 rings (SSSR count). The molecule has 0 bridgehead atoms. The zero-order chi connectivity index (χ0) is 64.5. The molecule has 87 heavy (non-hydrogen) atoms.